The van der Waals surface area contributed by atoms with Crippen molar-refractivity contribution in [2.24, 2.45) is 0 Å². The third kappa shape index (κ3) is 6.96. The molecule has 0 saturated carbocycles. The van der Waals surface area contributed by atoms with Gasteiger partial charge in [0.2, 0.25) is 10.0 Å². The van der Waals surface area contributed by atoms with E-state index in [1.165, 1.54) is 30.7 Å². The molecule has 3 rings (SSSR count). The molecule has 0 radical (unpaired) electrons. The molecule has 0 unspecified atom stereocenters. The predicted octanol–water partition coefficient (Wildman–Crippen LogP) is 4.79. The van der Waals surface area contributed by atoms with Crippen molar-refractivity contribution in [3.05, 3.63) is 81.8 Å². The monoisotopic (exact) mass is 552 g/mol. The number of rotatable bonds is 11. The maximum atomic E-state index is 12.6. The quantitative estimate of drug-likeness (QED) is 0.344. The number of nitrogens with zero attached hydrogens (tertiary/aromatic N) is 1. The number of carbonyl (C=O) groups is 1. The van der Waals surface area contributed by atoms with E-state index in [1.54, 1.807) is 42.5 Å². The van der Waals surface area contributed by atoms with Crippen molar-refractivity contribution in [3.8, 4) is 17.2 Å². The number of para-hydroxylation sites is 1. The van der Waals surface area contributed by atoms with Crippen LogP contribution in [0.5, 0.6) is 17.2 Å². The summed E-state index contributed by atoms with van der Waals surface area (Å²) >= 11 is 12.2. The number of benzene rings is 3. The Morgan fingerprint density at radius 3 is 2.19 bits per heavy atom. The minimum atomic E-state index is -3.70. The summed E-state index contributed by atoms with van der Waals surface area (Å²) in [6, 6.07) is 16.7. The van der Waals surface area contributed by atoms with E-state index in [1.807, 2.05) is 6.07 Å². The van der Waals surface area contributed by atoms with E-state index in [4.69, 9.17) is 37.4 Å². The summed E-state index contributed by atoms with van der Waals surface area (Å²) in [5.74, 6) is 0.851. The molecular weight excluding hydrogens is 527 g/mol. The number of carbonyl (C=O) groups excluding carboxylic acids is 1. The first-order valence-electron chi connectivity index (χ1n) is 10.8. The summed E-state index contributed by atoms with van der Waals surface area (Å²) in [7, 11) is -0.837. The van der Waals surface area contributed by atoms with E-state index in [2.05, 4.69) is 5.32 Å². The fraction of sp³-hybridized carbons (Fsp3) is 0.240. The number of hydrogen-bond acceptors (Lipinski definition) is 6. The Labute approximate surface area is 220 Å². The Morgan fingerprint density at radius 1 is 0.917 bits per heavy atom. The normalized spacial score (nSPS) is 11.0. The number of nitrogens with one attached hydrogen (secondary N) is 1. The van der Waals surface area contributed by atoms with Crippen LogP contribution in [0.4, 0.5) is 5.69 Å². The SMILES string of the molecule is COc1cc(N(Cc2ccc(C(=O)NCCOc3ccccc3Cl)cc2)S(C)(=O)=O)c(OC)cc1Cl. The molecule has 1 amide bonds. The number of hydrogen-bond donors (Lipinski definition) is 1. The molecule has 0 aliphatic rings. The van der Waals surface area contributed by atoms with Gasteiger partial charge in [-0.15, -0.1) is 0 Å². The van der Waals surface area contributed by atoms with Crippen LogP contribution in [0.15, 0.2) is 60.7 Å². The lowest BCUT2D eigenvalue weighted by Crippen LogP contribution is -2.30. The van der Waals surface area contributed by atoms with Crippen LogP contribution in [-0.4, -0.2) is 48.0 Å². The Kier molecular flexibility index (Phi) is 9.31. The standard InChI is InChI=1S/C25H26Cl2N2O6S/c1-33-23-15-21(24(34-2)14-20(23)27)29(36(3,31)32)16-17-8-10-18(11-9-17)25(30)28-12-13-35-22-7-5-4-6-19(22)26/h4-11,14-15H,12-13,16H2,1-3H3,(H,28,30). The second-order valence-electron chi connectivity index (χ2n) is 7.66. The zero-order chi connectivity index (χ0) is 26.3. The molecule has 0 saturated heterocycles. The Balaban J connectivity index is 1.68. The average Bonchev–Trinajstić information content (AvgIpc) is 2.85. The Bertz CT molecular complexity index is 1320. The molecule has 192 valence electrons. The van der Waals surface area contributed by atoms with Crippen LogP contribution in [0.25, 0.3) is 0 Å². The van der Waals surface area contributed by atoms with Gasteiger partial charge in [-0.1, -0.05) is 47.5 Å². The topological polar surface area (TPSA) is 94.2 Å². The third-order valence-corrected chi connectivity index (χ3v) is 6.88. The van der Waals surface area contributed by atoms with Gasteiger partial charge in [-0.2, -0.15) is 0 Å². The molecule has 0 heterocycles. The van der Waals surface area contributed by atoms with E-state index in [-0.39, 0.29) is 37.0 Å². The summed E-state index contributed by atoms with van der Waals surface area (Å²) in [6.45, 7) is 0.544. The van der Waals surface area contributed by atoms with Gasteiger partial charge in [0.1, 0.15) is 23.9 Å². The first kappa shape index (κ1) is 27.4. The molecule has 1 N–H and O–H groups in total. The molecule has 36 heavy (non-hydrogen) atoms. The molecule has 8 nitrogen and oxygen atoms in total. The molecule has 0 aliphatic carbocycles. The number of halogens is 2. The average molecular weight is 553 g/mol. The first-order valence-corrected chi connectivity index (χ1v) is 13.4. The van der Waals surface area contributed by atoms with Gasteiger partial charge in [-0.05, 0) is 29.8 Å². The van der Waals surface area contributed by atoms with Gasteiger partial charge in [-0.25, -0.2) is 8.42 Å². The van der Waals surface area contributed by atoms with E-state index in [9.17, 15) is 13.2 Å². The van der Waals surface area contributed by atoms with Crippen molar-refractivity contribution in [3.63, 3.8) is 0 Å². The van der Waals surface area contributed by atoms with Crippen molar-refractivity contribution in [2.75, 3.05) is 37.9 Å². The first-order chi connectivity index (χ1) is 17.1. The van der Waals surface area contributed by atoms with Gasteiger partial charge in [0.05, 0.1) is 49.3 Å². The van der Waals surface area contributed by atoms with Crippen molar-refractivity contribution in [1.82, 2.24) is 5.32 Å². The lowest BCUT2D eigenvalue weighted by Gasteiger charge is -2.25. The highest BCUT2D eigenvalue weighted by molar-refractivity contribution is 7.92. The fourth-order valence-electron chi connectivity index (χ4n) is 3.34. The van der Waals surface area contributed by atoms with Gasteiger partial charge in [0.25, 0.3) is 5.91 Å². The van der Waals surface area contributed by atoms with Crippen LogP contribution in [0.1, 0.15) is 15.9 Å². The van der Waals surface area contributed by atoms with Gasteiger partial charge in [0.15, 0.2) is 0 Å². The molecule has 3 aromatic rings. The molecule has 0 spiro atoms. The Hall–Kier alpha value is -3.14. The fourth-order valence-corrected chi connectivity index (χ4v) is 4.64. The van der Waals surface area contributed by atoms with E-state index < -0.39 is 10.0 Å². The number of sulfonamides is 1. The van der Waals surface area contributed by atoms with Gasteiger partial charge < -0.3 is 19.5 Å². The van der Waals surface area contributed by atoms with Gasteiger partial charge in [-0.3, -0.25) is 9.10 Å². The Morgan fingerprint density at radius 2 is 1.58 bits per heavy atom. The van der Waals surface area contributed by atoms with Crippen LogP contribution < -0.4 is 23.8 Å². The third-order valence-electron chi connectivity index (χ3n) is 5.15. The summed E-state index contributed by atoms with van der Waals surface area (Å²) in [6.07, 6.45) is 1.10. The van der Waals surface area contributed by atoms with Crippen LogP contribution >= 0.6 is 23.2 Å². The van der Waals surface area contributed by atoms with E-state index in [0.29, 0.717) is 32.7 Å². The van der Waals surface area contributed by atoms with Crippen LogP contribution in [-0.2, 0) is 16.6 Å². The van der Waals surface area contributed by atoms with Crippen molar-refractivity contribution >= 4 is 44.8 Å². The molecule has 0 aromatic heterocycles. The maximum absolute atomic E-state index is 12.6. The predicted molar refractivity (Wildman–Crippen MR) is 141 cm³/mol. The largest absolute Gasteiger partial charge is 0.495 e. The summed E-state index contributed by atoms with van der Waals surface area (Å²) in [5, 5.41) is 3.56. The van der Waals surface area contributed by atoms with Crippen molar-refractivity contribution in [1.29, 1.82) is 0 Å². The molecule has 0 aliphatic heterocycles. The molecule has 0 bridgehead atoms. The minimum Gasteiger partial charge on any atom is -0.495 e. The van der Waals surface area contributed by atoms with Crippen LogP contribution in [0.3, 0.4) is 0 Å². The van der Waals surface area contributed by atoms with Gasteiger partial charge in [0, 0.05) is 17.7 Å². The molecular formula is C25H26Cl2N2O6S. The maximum Gasteiger partial charge on any atom is 0.251 e. The number of amides is 1. The second kappa shape index (κ2) is 12.2. The highest BCUT2D eigenvalue weighted by Crippen LogP contribution is 2.39. The smallest absolute Gasteiger partial charge is 0.251 e. The van der Waals surface area contributed by atoms with Crippen LogP contribution in [0.2, 0.25) is 10.0 Å². The number of methoxy groups -OCH3 is 2. The number of ether oxygens (including phenoxy) is 3. The summed E-state index contributed by atoms with van der Waals surface area (Å²) in [4.78, 5) is 12.5. The zero-order valence-corrected chi connectivity index (χ0v) is 22.3. The molecule has 0 atom stereocenters. The van der Waals surface area contributed by atoms with Crippen molar-refractivity contribution in [2.45, 2.75) is 6.54 Å². The molecule has 0 fully saturated rings. The highest BCUT2D eigenvalue weighted by Gasteiger charge is 2.24. The lowest BCUT2D eigenvalue weighted by atomic mass is 10.1. The van der Waals surface area contributed by atoms with E-state index in [0.717, 1.165) is 6.26 Å². The van der Waals surface area contributed by atoms with Crippen molar-refractivity contribution < 1.29 is 27.4 Å². The summed E-state index contributed by atoms with van der Waals surface area (Å²) < 4.78 is 42.6. The van der Waals surface area contributed by atoms with Gasteiger partial charge >= 0.3 is 0 Å². The zero-order valence-electron chi connectivity index (χ0n) is 20.0. The number of anilines is 1. The molecule has 11 heteroatoms. The summed E-state index contributed by atoms with van der Waals surface area (Å²) in [5.41, 5.74) is 1.37. The minimum absolute atomic E-state index is 0.00749. The second-order valence-corrected chi connectivity index (χ2v) is 10.4. The highest BCUT2D eigenvalue weighted by atomic mass is 35.5. The molecule has 3 aromatic carbocycles. The van der Waals surface area contributed by atoms with Crippen LogP contribution in [0, 0.1) is 0 Å². The lowest BCUT2D eigenvalue weighted by molar-refractivity contribution is 0.0947. The van der Waals surface area contributed by atoms with E-state index >= 15 is 0 Å².